The van der Waals surface area contributed by atoms with Crippen LogP contribution in [0.4, 0.5) is 0 Å². The summed E-state index contributed by atoms with van der Waals surface area (Å²) in [6.07, 6.45) is -0.209. The van der Waals surface area contributed by atoms with Gasteiger partial charge in [0, 0.05) is 16.1 Å². The lowest BCUT2D eigenvalue weighted by Gasteiger charge is -2.25. The number of rotatable bonds is 7. The van der Waals surface area contributed by atoms with Crippen LogP contribution < -0.4 is 10.1 Å². The fraction of sp³-hybridized carbons (Fsp3) is 0.318. The minimum absolute atomic E-state index is 0.151. The van der Waals surface area contributed by atoms with Gasteiger partial charge in [-0.25, -0.2) is 9.59 Å². The molecule has 0 amide bonds. The van der Waals surface area contributed by atoms with Crippen molar-refractivity contribution >= 4 is 29.3 Å². The van der Waals surface area contributed by atoms with E-state index in [-0.39, 0.29) is 12.2 Å². The second-order valence-electron chi connectivity index (χ2n) is 7.65. The van der Waals surface area contributed by atoms with Crippen molar-refractivity contribution in [2.75, 3.05) is 6.54 Å². The molecule has 7 nitrogen and oxygen atoms in total. The van der Waals surface area contributed by atoms with Gasteiger partial charge < -0.3 is 19.9 Å². The van der Waals surface area contributed by atoms with E-state index in [1.54, 1.807) is 67.7 Å². The highest BCUT2D eigenvalue weighted by atomic mass is 35.5. The van der Waals surface area contributed by atoms with E-state index >= 15 is 0 Å². The summed E-state index contributed by atoms with van der Waals surface area (Å²) in [5, 5.41) is 11.2. The van der Waals surface area contributed by atoms with Gasteiger partial charge in [-0.15, -0.1) is 0 Å². The molecule has 0 radical (unpaired) electrons. The molecule has 30 heavy (non-hydrogen) atoms. The number of ketones is 1. The Kier molecular flexibility index (Phi) is 6.43. The average molecular weight is 433 g/mol. The largest absolute Gasteiger partial charge is 0.477 e. The molecular weight excluding hydrogens is 410 g/mol. The number of quaternary nitrogens is 1. The maximum absolute atomic E-state index is 12.5. The summed E-state index contributed by atoms with van der Waals surface area (Å²) >= 11 is 5.85. The molecule has 1 aliphatic rings. The van der Waals surface area contributed by atoms with Crippen LogP contribution in [0.1, 0.15) is 36.2 Å². The van der Waals surface area contributed by atoms with Crippen molar-refractivity contribution < 1.29 is 34.3 Å². The van der Waals surface area contributed by atoms with Gasteiger partial charge in [0.1, 0.15) is 12.3 Å². The van der Waals surface area contributed by atoms with Gasteiger partial charge >= 0.3 is 11.9 Å². The highest BCUT2D eigenvalue weighted by Crippen LogP contribution is 2.23. The lowest BCUT2D eigenvalue weighted by Crippen LogP contribution is -2.89. The van der Waals surface area contributed by atoms with E-state index in [1.807, 2.05) is 0 Å². The van der Waals surface area contributed by atoms with Crippen LogP contribution in [0, 0.1) is 0 Å². The van der Waals surface area contributed by atoms with Crippen LogP contribution in [0.15, 0.2) is 48.5 Å². The van der Waals surface area contributed by atoms with Gasteiger partial charge in [-0.1, -0.05) is 11.6 Å². The molecule has 0 spiro atoms. The summed E-state index contributed by atoms with van der Waals surface area (Å²) in [5.74, 6) is -1.24. The Hall–Kier alpha value is -2.90. The Morgan fingerprint density at radius 3 is 2.13 bits per heavy atom. The van der Waals surface area contributed by atoms with Crippen LogP contribution in [0.5, 0.6) is 5.75 Å². The zero-order valence-corrected chi connectivity index (χ0v) is 17.4. The van der Waals surface area contributed by atoms with E-state index in [0.29, 0.717) is 28.4 Å². The Morgan fingerprint density at radius 2 is 1.60 bits per heavy atom. The fourth-order valence-corrected chi connectivity index (χ4v) is 3.29. The molecule has 2 aromatic carbocycles. The minimum atomic E-state index is -1.27. The van der Waals surface area contributed by atoms with Crippen LogP contribution in [0.3, 0.4) is 0 Å². The molecule has 0 aromatic heterocycles. The van der Waals surface area contributed by atoms with Crippen LogP contribution >= 0.6 is 11.6 Å². The van der Waals surface area contributed by atoms with E-state index in [9.17, 15) is 14.4 Å². The third-order valence-electron chi connectivity index (χ3n) is 4.88. The number of aliphatic carboxylic acids is 1. The summed E-state index contributed by atoms with van der Waals surface area (Å²) in [6.45, 7) is 3.56. The van der Waals surface area contributed by atoms with Crippen LogP contribution in [-0.4, -0.2) is 47.1 Å². The van der Waals surface area contributed by atoms with Crippen molar-refractivity contribution in [3.05, 3.63) is 64.7 Å². The topological polar surface area (TPSA) is 107 Å². The number of carbonyl (C=O) groups is 3. The first kappa shape index (κ1) is 21.8. The number of carboxylic acid groups (broad SMARTS) is 1. The van der Waals surface area contributed by atoms with Crippen molar-refractivity contribution in [3.8, 4) is 5.75 Å². The monoisotopic (exact) mass is 432 g/mol. The summed E-state index contributed by atoms with van der Waals surface area (Å²) < 4.78 is 11.2. The number of carbonyl (C=O) groups excluding carboxylic acids is 2. The van der Waals surface area contributed by atoms with Crippen molar-refractivity contribution in [1.29, 1.82) is 0 Å². The normalized spacial score (nSPS) is 18.6. The third kappa shape index (κ3) is 5.17. The van der Waals surface area contributed by atoms with Crippen molar-refractivity contribution in [2.45, 2.75) is 38.0 Å². The van der Waals surface area contributed by atoms with E-state index in [1.165, 1.54) is 0 Å². The highest BCUT2D eigenvalue weighted by molar-refractivity contribution is 6.30. The number of benzene rings is 2. The SMILES string of the molecule is CC(C)(Oc1ccc(C(=O)c2ccc(Cl)cc2)cc1)C(=O)OC1C[NH2+][C@H](C(=O)O)C1. The molecule has 0 saturated carbocycles. The van der Waals surface area contributed by atoms with Gasteiger partial charge in [0.05, 0.1) is 6.42 Å². The number of nitrogens with two attached hydrogens (primary N) is 1. The summed E-state index contributed by atoms with van der Waals surface area (Å²) in [6, 6.07) is 12.5. The van der Waals surface area contributed by atoms with Gasteiger partial charge in [-0.05, 0) is 62.4 Å². The lowest BCUT2D eigenvalue weighted by atomic mass is 10.0. The van der Waals surface area contributed by atoms with E-state index < -0.39 is 29.7 Å². The number of ether oxygens (including phenoxy) is 2. The second-order valence-corrected chi connectivity index (χ2v) is 8.09. The van der Waals surface area contributed by atoms with Crippen LogP contribution in [0.25, 0.3) is 0 Å². The number of esters is 1. The second kappa shape index (κ2) is 8.85. The zero-order valence-electron chi connectivity index (χ0n) is 16.6. The maximum atomic E-state index is 12.5. The number of carboxylic acids is 1. The minimum Gasteiger partial charge on any atom is -0.477 e. The maximum Gasteiger partial charge on any atom is 0.362 e. The molecule has 8 heteroatoms. The van der Waals surface area contributed by atoms with Gasteiger partial charge in [0.25, 0.3) is 0 Å². The van der Waals surface area contributed by atoms with Crippen molar-refractivity contribution in [3.63, 3.8) is 0 Å². The molecule has 1 saturated heterocycles. The first-order valence-electron chi connectivity index (χ1n) is 9.52. The standard InChI is InChI=1S/C22H22ClNO6/c1-22(2,21(28)29-17-11-18(20(26)27)24-12-17)30-16-9-5-14(6-10-16)19(25)13-3-7-15(23)8-4-13/h3-10,17-18,24H,11-12H2,1-2H3,(H,26,27)/p+1/t17?,18-/m0/s1. The van der Waals surface area contributed by atoms with Gasteiger partial charge in [-0.3, -0.25) is 4.79 Å². The molecule has 3 rings (SSSR count). The van der Waals surface area contributed by atoms with Crippen molar-refractivity contribution in [1.82, 2.24) is 0 Å². The predicted molar refractivity (Wildman–Crippen MR) is 109 cm³/mol. The van der Waals surface area contributed by atoms with E-state index in [2.05, 4.69) is 0 Å². The molecule has 1 heterocycles. The lowest BCUT2D eigenvalue weighted by molar-refractivity contribution is -0.661. The molecule has 1 aliphatic heterocycles. The predicted octanol–water partition coefficient (Wildman–Crippen LogP) is 2.06. The highest BCUT2D eigenvalue weighted by Gasteiger charge is 2.40. The summed E-state index contributed by atoms with van der Waals surface area (Å²) in [5.41, 5.74) is -0.278. The molecule has 0 bridgehead atoms. The molecule has 2 atom stereocenters. The number of halogens is 1. The molecule has 0 aliphatic carbocycles. The Bertz CT molecular complexity index is 939. The van der Waals surface area contributed by atoms with Gasteiger partial charge in [0.2, 0.25) is 0 Å². The number of hydrogen-bond donors (Lipinski definition) is 2. The fourth-order valence-electron chi connectivity index (χ4n) is 3.16. The molecule has 1 fully saturated rings. The molecular formula is C22H23ClNO6+. The third-order valence-corrected chi connectivity index (χ3v) is 5.13. The number of hydrogen-bond acceptors (Lipinski definition) is 5. The first-order valence-corrected chi connectivity index (χ1v) is 9.90. The molecule has 158 valence electrons. The van der Waals surface area contributed by atoms with Crippen LogP contribution in [0.2, 0.25) is 5.02 Å². The van der Waals surface area contributed by atoms with Gasteiger partial charge in [-0.2, -0.15) is 0 Å². The van der Waals surface area contributed by atoms with Crippen LogP contribution in [-0.2, 0) is 14.3 Å². The molecule has 3 N–H and O–H groups in total. The Balaban J connectivity index is 1.61. The van der Waals surface area contributed by atoms with E-state index in [0.717, 1.165) is 0 Å². The first-order chi connectivity index (χ1) is 14.2. The Labute approximate surface area is 178 Å². The average Bonchev–Trinajstić information content (AvgIpc) is 3.17. The van der Waals surface area contributed by atoms with Gasteiger partial charge in [0.15, 0.2) is 23.5 Å². The summed E-state index contributed by atoms with van der Waals surface area (Å²) in [4.78, 5) is 36.1. The molecule has 2 aromatic rings. The smallest absolute Gasteiger partial charge is 0.362 e. The summed E-state index contributed by atoms with van der Waals surface area (Å²) in [7, 11) is 0. The Morgan fingerprint density at radius 1 is 1.03 bits per heavy atom. The van der Waals surface area contributed by atoms with Crippen molar-refractivity contribution in [2.24, 2.45) is 0 Å². The quantitative estimate of drug-likeness (QED) is 0.512. The molecule has 1 unspecified atom stereocenters. The van der Waals surface area contributed by atoms with E-state index in [4.69, 9.17) is 26.2 Å². The zero-order chi connectivity index (χ0) is 21.9.